The van der Waals surface area contributed by atoms with Gasteiger partial charge in [0.15, 0.2) is 46.0 Å². The van der Waals surface area contributed by atoms with Crippen LogP contribution in [-0.2, 0) is 9.47 Å². The summed E-state index contributed by atoms with van der Waals surface area (Å²) < 4.78 is 10.3. The molecule has 2 aromatic heterocycles. The second-order valence-electron chi connectivity index (χ2n) is 5.87. The molecule has 0 saturated heterocycles. The molecule has 12 heteroatoms. The molecular formula is C18H14N10O2. The van der Waals surface area contributed by atoms with Gasteiger partial charge in [0, 0.05) is 27.3 Å². The largest absolute Gasteiger partial charge is 0.383 e. The number of nitriles is 4. The third kappa shape index (κ3) is 3.41. The van der Waals surface area contributed by atoms with Gasteiger partial charge in [0.2, 0.25) is 0 Å². The van der Waals surface area contributed by atoms with Crippen LogP contribution >= 0.6 is 0 Å². The second-order valence-corrected chi connectivity index (χ2v) is 5.87. The first-order valence-corrected chi connectivity index (χ1v) is 8.60. The Morgan fingerprint density at radius 3 is 1.07 bits per heavy atom. The molecule has 0 saturated carbocycles. The molecule has 0 radical (unpaired) electrons. The molecular weight excluding hydrogens is 388 g/mol. The van der Waals surface area contributed by atoms with Crippen LogP contribution in [0.15, 0.2) is 0 Å². The molecule has 1 aliphatic heterocycles. The number of anilines is 4. The minimum atomic E-state index is -0.143. The van der Waals surface area contributed by atoms with E-state index in [0.717, 1.165) is 0 Å². The smallest absolute Gasteiger partial charge is 0.179 e. The van der Waals surface area contributed by atoms with Crippen molar-refractivity contribution in [2.45, 2.75) is 0 Å². The van der Waals surface area contributed by atoms with Crippen molar-refractivity contribution in [2.75, 3.05) is 50.3 Å². The van der Waals surface area contributed by atoms with Crippen LogP contribution in [0.5, 0.6) is 0 Å². The van der Waals surface area contributed by atoms with Crippen LogP contribution in [0.25, 0.3) is 0 Å². The van der Waals surface area contributed by atoms with Crippen LogP contribution in [0.2, 0.25) is 0 Å². The zero-order valence-electron chi connectivity index (χ0n) is 16.1. The van der Waals surface area contributed by atoms with Crippen molar-refractivity contribution >= 4 is 23.3 Å². The Kier molecular flexibility index (Phi) is 5.95. The fourth-order valence-corrected chi connectivity index (χ4v) is 2.86. The van der Waals surface area contributed by atoms with Gasteiger partial charge in [0.1, 0.15) is 24.3 Å². The first kappa shape index (κ1) is 20.4. The highest BCUT2D eigenvalue weighted by Gasteiger charge is 2.35. The fourth-order valence-electron chi connectivity index (χ4n) is 2.86. The van der Waals surface area contributed by atoms with Crippen molar-refractivity contribution in [3.8, 4) is 24.3 Å². The highest BCUT2D eigenvalue weighted by molar-refractivity contribution is 5.87. The summed E-state index contributed by atoms with van der Waals surface area (Å²) in [5.74, 6) is 1.03. The third-order valence-electron chi connectivity index (χ3n) is 4.20. The summed E-state index contributed by atoms with van der Waals surface area (Å²) in [6.45, 7) is 1.05. The molecule has 0 atom stereocenters. The molecule has 0 bridgehead atoms. The average molecular weight is 402 g/mol. The summed E-state index contributed by atoms with van der Waals surface area (Å²) in [5, 5.41) is 37.5. The lowest BCUT2D eigenvalue weighted by atomic mass is 10.2. The monoisotopic (exact) mass is 402 g/mol. The summed E-state index contributed by atoms with van der Waals surface area (Å²) in [5.41, 5.74) is -0.571. The van der Waals surface area contributed by atoms with Gasteiger partial charge in [-0.25, -0.2) is 19.9 Å². The van der Waals surface area contributed by atoms with Crippen LogP contribution in [0.4, 0.5) is 23.3 Å². The van der Waals surface area contributed by atoms with Gasteiger partial charge in [-0.05, 0) is 0 Å². The molecule has 0 spiro atoms. The lowest BCUT2D eigenvalue weighted by Crippen LogP contribution is -2.37. The van der Waals surface area contributed by atoms with Gasteiger partial charge in [-0.3, -0.25) is 0 Å². The summed E-state index contributed by atoms with van der Waals surface area (Å²) in [6.07, 6.45) is 0. The molecule has 0 N–H and O–H groups in total. The summed E-state index contributed by atoms with van der Waals surface area (Å²) in [7, 11) is 3.04. The predicted molar refractivity (Wildman–Crippen MR) is 101 cm³/mol. The molecule has 12 nitrogen and oxygen atoms in total. The zero-order valence-corrected chi connectivity index (χ0v) is 16.1. The number of hydrogen-bond acceptors (Lipinski definition) is 12. The van der Waals surface area contributed by atoms with E-state index in [2.05, 4.69) is 19.9 Å². The maximum absolute atomic E-state index is 9.38. The number of aromatic nitrogens is 4. The molecule has 1 aliphatic rings. The van der Waals surface area contributed by atoms with Crippen molar-refractivity contribution in [2.24, 2.45) is 0 Å². The minimum Gasteiger partial charge on any atom is -0.383 e. The summed E-state index contributed by atoms with van der Waals surface area (Å²) in [4.78, 5) is 20.5. The predicted octanol–water partition coefficient (Wildman–Crippen LogP) is 0.636. The molecule has 30 heavy (non-hydrogen) atoms. The molecule has 3 rings (SSSR count). The van der Waals surface area contributed by atoms with E-state index in [4.69, 9.17) is 9.47 Å². The van der Waals surface area contributed by atoms with E-state index < -0.39 is 0 Å². The lowest BCUT2D eigenvalue weighted by Gasteiger charge is -2.36. The Bertz CT molecular complexity index is 979. The molecule has 0 amide bonds. The fraction of sp³-hybridized carbons (Fsp3) is 0.333. The van der Waals surface area contributed by atoms with E-state index >= 15 is 0 Å². The molecule has 0 fully saturated rings. The van der Waals surface area contributed by atoms with Crippen LogP contribution < -0.4 is 9.80 Å². The Balaban J connectivity index is 2.33. The quantitative estimate of drug-likeness (QED) is 0.660. The van der Waals surface area contributed by atoms with Crippen molar-refractivity contribution in [1.29, 1.82) is 21.0 Å². The SMILES string of the molecule is COCCN1c2nc(C#N)c(C#N)nc2N(CCOC)c2nc(C#N)c(C#N)nc21. The van der Waals surface area contributed by atoms with Gasteiger partial charge in [-0.1, -0.05) is 0 Å². The van der Waals surface area contributed by atoms with E-state index in [1.54, 1.807) is 9.80 Å². The maximum Gasteiger partial charge on any atom is 0.179 e. The first-order valence-electron chi connectivity index (χ1n) is 8.60. The van der Waals surface area contributed by atoms with Gasteiger partial charge in [-0.2, -0.15) is 21.0 Å². The third-order valence-corrected chi connectivity index (χ3v) is 4.20. The van der Waals surface area contributed by atoms with Crippen molar-refractivity contribution in [3.05, 3.63) is 22.8 Å². The molecule has 2 aromatic rings. The normalized spacial score (nSPS) is 11.5. The second kappa shape index (κ2) is 8.76. The van der Waals surface area contributed by atoms with Crippen molar-refractivity contribution in [1.82, 2.24) is 19.9 Å². The molecule has 0 aliphatic carbocycles. The number of nitrogens with zero attached hydrogens (tertiary/aromatic N) is 10. The Hall–Kier alpha value is -4.36. The number of hydrogen-bond donors (Lipinski definition) is 0. The maximum atomic E-state index is 9.38. The van der Waals surface area contributed by atoms with Crippen LogP contribution in [0.1, 0.15) is 22.8 Å². The van der Waals surface area contributed by atoms with Crippen molar-refractivity contribution in [3.63, 3.8) is 0 Å². The van der Waals surface area contributed by atoms with Crippen LogP contribution in [0.3, 0.4) is 0 Å². The van der Waals surface area contributed by atoms with E-state index in [1.807, 2.05) is 24.3 Å². The number of rotatable bonds is 6. The Morgan fingerprint density at radius 2 is 0.867 bits per heavy atom. The number of fused-ring (bicyclic) bond motifs is 2. The van der Waals surface area contributed by atoms with E-state index in [1.165, 1.54) is 14.2 Å². The van der Waals surface area contributed by atoms with Crippen LogP contribution in [0, 0.1) is 45.3 Å². The van der Waals surface area contributed by atoms with E-state index in [-0.39, 0.29) is 72.4 Å². The van der Waals surface area contributed by atoms with Gasteiger partial charge in [0.05, 0.1) is 13.2 Å². The number of ether oxygens (including phenoxy) is 2. The summed E-state index contributed by atoms with van der Waals surface area (Å²) in [6, 6.07) is 7.47. The van der Waals surface area contributed by atoms with Gasteiger partial charge in [0.25, 0.3) is 0 Å². The first-order chi connectivity index (χ1) is 14.6. The highest BCUT2D eigenvalue weighted by Crippen LogP contribution is 2.44. The molecule has 0 unspecified atom stereocenters. The Labute approximate surface area is 171 Å². The average Bonchev–Trinajstić information content (AvgIpc) is 2.79. The molecule has 148 valence electrons. The molecule has 3 heterocycles. The van der Waals surface area contributed by atoms with Crippen molar-refractivity contribution < 1.29 is 9.47 Å². The standard InChI is InChI=1S/C18H14N10O2/c1-29-5-3-27-15-17(25-13(9-21)11(7-19)23-15)28(4-6-30-2)18-16(27)24-12(8-20)14(10-22)26-18/h3-6H2,1-2H3. The minimum absolute atomic E-state index is 0.143. The van der Waals surface area contributed by atoms with Crippen LogP contribution in [-0.4, -0.2) is 60.5 Å². The summed E-state index contributed by atoms with van der Waals surface area (Å²) >= 11 is 0. The van der Waals surface area contributed by atoms with Gasteiger partial charge >= 0.3 is 0 Å². The zero-order chi connectivity index (χ0) is 21.7. The molecule has 0 aromatic carbocycles. The topological polar surface area (TPSA) is 172 Å². The van der Waals surface area contributed by atoms with Gasteiger partial charge in [-0.15, -0.1) is 0 Å². The van der Waals surface area contributed by atoms with Gasteiger partial charge < -0.3 is 19.3 Å². The highest BCUT2D eigenvalue weighted by atomic mass is 16.5. The lowest BCUT2D eigenvalue weighted by molar-refractivity contribution is 0.205. The Morgan fingerprint density at radius 1 is 0.600 bits per heavy atom. The number of methoxy groups -OCH3 is 2. The van der Waals surface area contributed by atoms with E-state index in [0.29, 0.717) is 0 Å². The van der Waals surface area contributed by atoms with E-state index in [9.17, 15) is 21.0 Å².